The van der Waals surface area contributed by atoms with E-state index in [9.17, 15) is 43.2 Å². The van der Waals surface area contributed by atoms with Crippen LogP contribution in [0.4, 0.5) is 0 Å². The number of carbonyl (C=O) groups excluding carboxylic acids is 4. The summed E-state index contributed by atoms with van der Waals surface area (Å²) in [7, 11) is -9.90. The molecule has 0 saturated heterocycles. The first kappa shape index (κ1) is 88.1. The maximum absolute atomic E-state index is 13.0. The molecule has 0 rings (SSSR count). The average Bonchev–Trinajstić information content (AvgIpc) is 3.17. The van der Waals surface area contributed by atoms with Crippen LogP contribution in [-0.2, 0) is 65.4 Å². The van der Waals surface area contributed by atoms with E-state index in [-0.39, 0.29) is 25.7 Å². The minimum atomic E-state index is -4.95. The molecule has 0 amide bonds. The van der Waals surface area contributed by atoms with Gasteiger partial charge in [0.15, 0.2) is 12.2 Å². The zero-order chi connectivity index (χ0) is 66.3. The van der Waals surface area contributed by atoms with Crippen LogP contribution in [0.15, 0.2) is 0 Å². The van der Waals surface area contributed by atoms with Gasteiger partial charge in [-0.1, -0.05) is 317 Å². The maximum Gasteiger partial charge on any atom is 0.472 e. The Morgan fingerprint density at radius 3 is 0.756 bits per heavy atom. The van der Waals surface area contributed by atoms with Gasteiger partial charge in [0.25, 0.3) is 0 Å². The van der Waals surface area contributed by atoms with Crippen LogP contribution in [0.3, 0.4) is 0 Å². The molecule has 0 aromatic rings. The lowest BCUT2D eigenvalue weighted by Crippen LogP contribution is -2.30. The van der Waals surface area contributed by atoms with Crippen molar-refractivity contribution in [2.45, 2.75) is 387 Å². The normalized spacial score (nSPS) is 14.1. The first-order valence-electron chi connectivity index (χ1n) is 37.1. The lowest BCUT2D eigenvalue weighted by atomic mass is 10.0. The molecule has 0 fully saturated rings. The fourth-order valence-electron chi connectivity index (χ4n) is 10.8. The molecule has 534 valence electrons. The molecule has 2 unspecified atom stereocenters. The Kier molecular flexibility index (Phi) is 63.0. The highest BCUT2D eigenvalue weighted by molar-refractivity contribution is 7.47. The second-order valence-electron chi connectivity index (χ2n) is 26.1. The van der Waals surface area contributed by atoms with Crippen LogP contribution < -0.4 is 0 Å². The van der Waals surface area contributed by atoms with E-state index >= 15 is 0 Å². The van der Waals surface area contributed by atoms with Gasteiger partial charge < -0.3 is 33.8 Å². The number of hydrogen-bond acceptors (Lipinski definition) is 15. The largest absolute Gasteiger partial charge is 0.472 e. The number of unbranched alkanes of at least 4 members (excludes halogenated alkanes) is 43. The summed E-state index contributed by atoms with van der Waals surface area (Å²) in [4.78, 5) is 72.6. The summed E-state index contributed by atoms with van der Waals surface area (Å²) >= 11 is 0. The van der Waals surface area contributed by atoms with Gasteiger partial charge in [-0.2, -0.15) is 0 Å². The number of phosphoric acid groups is 2. The van der Waals surface area contributed by atoms with E-state index in [1.54, 1.807) is 0 Å². The number of rotatable bonds is 71. The Hall–Kier alpha value is -1.94. The van der Waals surface area contributed by atoms with Crippen LogP contribution in [0.25, 0.3) is 0 Å². The second-order valence-corrected chi connectivity index (χ2v) is 29.0. The molecule has 0 aliphatic rings. The fourth-order valence-corrected chi connectivity index (χ4v) is 12.4. The smallest absolute Gasteiger partial charge is 0.462 e. The molecule has 3 N–H and O–H groups in total. The standard InChI is InChI=1S/C71H138O17P2/c1-6-9-12-15-18-21-23-25-27-29-31-36-41-46-51-56-70(75)87-67(61-82-69(74)55-50-45-40-35-30-28-26-24-22-19-16-13-10-7-2)63-86-90(79,80)84-59-65(72)58-83-89(77,78)85-62-66(60-81-68(73)54-49-44-39-33-20-17-14-11-8-3)88-71(76)57-52-47-42-37-32-34-38-43-48-53-64(4)5/h64-67,72H,6-63H2,1-5H3,(H,77,78)(H,79,80)/t65-,66+,67+/m0/s1. The van der Waals surface area contributed by atoms with E-state index in [0.29, 0.717) is 25.7 Å². The topological polar surface area (TPSA) is 237 Å². The Balaban J connectivity index is 5.24. The Labute approximate surface area is 549 Å². The Bertz CT molecular complexity index is 1740. The minimum absolute atomic E-state index is 0.106. The lowest BCUT2D eigenvalue weighted by Gasteiger charge is -2.21. The van der Waals surface area contributed by atoms with Gasteiger partial charge in [0, 0.05) is 25.7 Å². The highest BCUT2D eigenvalue weighted by Crippen LogP contribution is 2.45. The van der Waals surface area contributed by atoms with Crippen molar-refractivity contribution >= 4 is 39.5 Å². The van der Waals surface area contributed by atoms with E-state index in [1.807, 2.05) is 0 Å². The summed E-state index contributed by atoms with van der Waals surface area (Å²) in [5, 5.41) is 10.6. The van der Waals surface area contributed by atoms with Crippen LogP contribution in [0.2, 0.25) is 0 Å². The summed E-state index contributed by atoms with van der Waals surface area (Å²) in [6.45, 7) is 7.22. The third-order valence-electron chi connectivity index (χ3n) is 16.5. The average molecular weight is 1330 g/mol. The molecule has 0 bridgehead atoms. The molecule has 0 saturated carbocycles. The van der Waals surface area contributed by atoms with Crippen molar-refractivity contribution in [1.82, 2.24) is 0 Å². The fraction of sp³-hybridized carbons (Fsp3) is 0.944. The van der Waals surface area contributed by atoms with Crippen molar-refractivity contribution in [2.24, 2.45) is 5.92 Å². The number of aliphatic hydroxyl groups is 1. The van der Waals surface area contributed by atoms with E-state index in [1.165, 1.54) is 193 Å². The number of aliphatic hydroxyl groups excluding tert-OH is 1. The number of phosphoric ester groups is 2. The summed E-state index contributed by atoms with van der Waals surface area (Å²) in [5.41, 5.74) is 0. The Morgan fingerprint density at radius 2 is 0.511 bits per heavy atom. The molecule has 0 aromatic heterocycles. The van der Waals surface area contributed by atoms with Crippen molar-refractivity contribution in [1.29, 1.82) is 0 Å². The van der Waals surface area contributed by atoms with E-state index in [0.717, 1.165) is 95.8 Å². The predicted molar refractivity (Wildman–Crippen MR) is 363 cm³/mol. The molecular formula is C71H138O17P2. The second kappa shape index (κ2) is 64.4. The van der Waals surface area contributed by atoms with Crippen molar-refractivity contribution in [2.75, 3.05) is 39.6 Å². The highest BCUT2D eigenvalue weighted by atomic mass is 31.2. The van der Waals surface area contributed by atoms with Gasteiger partial charge in [0.1, 0.15) is 19.3 Å². The van der Waals surface area contributed by atoms with Crippen LogP contribution in [0, 0.1) is 5.92 Å². The number of hydrogen-bond donors (Lipinski definition) is 3. The molecule has 0 heterocycles. The molecule has 17 nitrogen and oxygen atoms in total. The highest BCUT2D eigenvalue weighted by Gasteiger charge is 2.30. The molecule has 0 aromatic carbocycles. The molecule has 0 spiro atoms. The van der Waals surface area contributed by atoms with Crippen LogP contribution in [0.5, 0.6) is 0 Å². The number of ether oxygens (including phenoxy) is 4. The van der Waals surface area contributed by atoms with Crippen LogP contribution >= 0.6 is 15.6 Å². The van der Waals surface area contributed by atoms with Crippen LogP contribution in [-0.4, -0.2) is 96.7 Å². The van der Waals surface area contributed by atoms with E-state index < -0.39 is 97.5 Å². The third kappa shape index (κ3) is 64.8. The summed E-state index contributed by atoms with van der Waals surface area (Å²) in [6, 6.07) is 0. The first-order chi connectivity index (χ1) is 43.5. The first-order valence-corrected chi connectivity index (χ1v) is 40.1. The predicted octanol–water partition coefficient (Wildman–Crippen LogP) is 20.5. The molecule has 19 heteroatoms. The zero-order valence-electron chi connectivity index (χ0n) is 58.3. The molecule has 0 radical (unpaired) electrons. The van der Waals surface area contributed by atoms with Crippen LogP contribution in [0.1, 0.15) is 369 Å². The number of carbonyl (C=O) groups is 4. The van der Waals surface area contributed by atoms with E-state index in [4.69, 9.17) is 37.0 Å². The van der Waals surface area contributed by atoms with Gasteiger partial charge in [0.05, 0.1) is 26.4 Å². The van der Waals surface area contributed by atoms with Gasteiger partial charge in [-0.25, -0.2) is 9.13 Å². The summed E-state index contributed by atoms with van der Waals surface area (Å²) in [5.74, 6) is -1.38. The Morgan fingerprint density at radius 1 is 0.300 bits per heavy atom. The van der Waals surface area contributed by atoms with Gasteiger partial charge in [-0.15, -0.1) is 0 Å². The molecule has 0 aliphatic heterocycles. The molecule has 0 aliphatic carbocycles. The van der Waals surface area contributed by atoms with Crippen molar-refractivity contribution < 1.29 is 80.2 Å². The summed E-state index contributed by atoms with van der Waals surface area (Å²) < 4.78 is 68.3. The van der Waals surface area contributed by atoms with Gasteiger partial charge in [0.2, 0.25) is 0 Å². The summed E-state index contributed by atoms with van der Waals surface area (Å²) in [6.07, 6.45) is 51.2. The van der Waals surface area contributed by atoms with E-state index in [2.05, 4.69) is 34.6 Å². The zero-order valence-corrected chi connectivity index (χ0v) is 60.1. The SMILES string of the molecule is CCCCCCCCCCCCCCCCCC(=O)O[C@H](COC(=O)CCCCCCCCCCCCCCCC)COP(=O)(O)OC[C@@H](O)COP(=O)(O)OC[C@@H](COC(=O)CCCCCCCCCCC)OC(=O)CCCCCCCCCCCC(C)C. The molecule has 5 atom stereocenters. The molecule has 90 heavy (non-hydrogen) atoms. The van der Waals surface area contributed by atoms with Crippen molar-refractivity contribution in [3.8, 4) is 0 Å². The van der Waals surface area contributed by atoms with Gasteiger partial charge in [-0.05, 0) is 31.6 Å². The quantitative estimate of drug-likeness (QED) is 0.0222. The van der Waals surface area contributed by atoms with Crippen molar-refractivity contribution in [3.05, 3.63) is 0 Å². The number of esters is 4. The minimum Gasteiger partial charge on any atom is -0.462 e. The lowest BCUT2D eigenvalue weighted by molar-refractivity contribution is -0.161. The van der Waals surface area contributed by atoms with Gasteiger partial charge >= 0.3 is 39.5 Å². The van der Waals surface area contributed by atoms with Crippen molar-refractivity contribution in [3.63, 3.8) is 0 Å². The van der Waals surface area contributed by atoms with Gasteiger partial charge in [-0.3, -0.25) is 37.3 Å². The maximum atomic E-state index is 13.0. The third-order valence-corrected chi connectivity index (χ3v) is 18.4. The molecular weight excluding hydrogens is 1190 g/mol. The monoisotopic (exact) mass is 1320 g/mol.